The number of ether oxygens (including phenoxy) is 1. The molecule has 2 atom stereocenters. The maximum atomic E-state index is 12.5. The minimum atomic E-state index is -0.824. The molecule has 114 valence electrons. The maximum Gasteiger partial charge on any atom is 0.317 e. The molecule has 5 heteroatoms. The molecular formula is C17H16O4S. The normalized spacial score (nSPS) is 21.5. The van der Waals surface area contributed by atoms with Crippen molar-refractivity contribution >= 4 is 28.7 Å². The number of hydrogen-bond donors (Lipinski definition) is 0. The second-order valence-electron chi connectivity index (χ2n) is 5.11. The molecule has 0 saturated carbocycles. The van der Waals surface area contributed by atoms with E-state index in [1.165, 1.54) is 0 Å². The standard InChI is InChI=1S/C17H16O4S/c1-2-20-17(19)16-12(14-5-3-7-21-14)9-11(10-13(16)18)15-6-4-8-22-15/h3-8,10,12,16H,2,9H2,1H3/t12-,16-/m1/s1. The lowest BCUT2D eigenvalue weighted by molar-refractivity contribution is -0.151. The van der Waals surface area contributed by atoms with Crippen LogP contribution in [-0.4, -0.2) is 18.4 Å². The van der Waals surface area contributed by atoms with Gasteiger partial charge in [-0.2, -0.15) is 0 Å². The van der Waals surface area contributed by atoms with E-state index >= 15 is 0 Å². The van der Waals surface area contributed by atoms with Gasteiger partial charge in [-0.1, -0.05) is 6.07 Å². The zero-order chi connectivity index (χ0) is 15.5. The van der Waals surface area contributed by atoms with Crippen LogP contribution in [0.3, 0.4) is 0 Å². The molecule has 0 spiro atoms. The molecule has 1 aliphatic rings. The van der Waals surface area contributed by atoms with Crippen molar-refractivity contribution in [2.24, 2.45) is 5.92 Å². The number of ketones is 1. The van der Waals surface area contributed by atoms with Crippen molar-refractivity contribution in [3.8, 4) is 0 Å². The summed E-state index contributed by atoms with van der Waals surface area (Å²) in [6.45, 7) is 2.00. The number of thiophene rings is 1. The molecule has 0 bridgehead atoms. The van der Waals surface area contributed by atoms with E-state index in [0.717, 1.165) is 10.5 Å². The molecule has 0 N–H and O–H groups in total. The first-order valence-electron chi connectivity index (χ1n) is 7.19. The third-order valence-corrected chi connectivity index (χ3v) is 4.70. The van der Waals surface area contributed by atoms with Gasteiger partial charge in [0.1, 0.15) is 11.7 Å². The largest absolute Gasteiger partial charge is 0.469 e. The highest BCUT2D eigenvalue weighted by atomic mass is 32.1. The Kier molecular flexibility index (Phi) is 4.24. The summed E-state index contributed by atoms with van der Waals surface area (Å²) in [5.74, 6) is -1.18. The van der Waals surface area contributed by atoms with Crippen molar-refractivity contribution < 1.29 is 18.7 Å². The van der Waals surface area contributed by atoms with Gasteiger partial charge in [0.05, 0.1) is 12.9 Å². The van der Waals surface area contributed by atoms with E-state index in [1.54, 1.807) is 36.7 Å². The maximum absolute atomic E-state index is 12.5. The number of carbonyl (C=O) groups excluding carboxylic acids is 2. The van der Waals surface area contributed by atoms with Gasteiger partial charge in [-0.05, 0) is 48.6 Å². The van der Waals surface area contributed by atoms with Crippen LogP contribution in [0, 0.1) is 5.92 Å². The van der Waals surface area contributed by atoms with E-state index in [4.69, 9.17) is 9.15 Å². The number of carbonyl (C=O) groups is 2. The smallest absolute Gasteiger partial charge is 0.317 e. The van der Waals surface area contributed by atoms with Crippen LogP contribution < -0.4 is 0 Å². The second kappa shape index (κ2) is 6.32. The first-order valence-corrected chi connectivity index (χ1v) is 8.07. The molecule has 22 heavy (non-hydrogen) atoms. The average Bonchev–Trinajstić information content (AvgIpc) is 3.20. The van der Waals surface area contributed by atoms with Gasteiger partial charge in [-0.25, -0.2) is 0 Å². The Morgan fingerprint density at radius 3 is 2.91 bits per heavy atom. The zero-order valence-corrected chi connectivity index (χ0v) is 13.0. The second-order valence-corrected chi connectivity index (χ2v) is 6.05. The quantitative estimate of drug-likeness (QED) is 0.638. The van der Waals surface area contributed by atoms with Crippen molar-refractivity contribution in [2.45, 2.75) is 19.3 Å². The predicted molar refractivity (Wildman–Crippen MR) is 83.5 cm³/mol. The minimum Gasteiger partial charge on any atom is -0.469 e. The first-order chi connectivity index (χ1) is 10.7. The SMILES string of the molecule is CCOC(=O)[C@H]1C(=O)C=C(c2cccs2)C[C@@H]1c1ccco1. The molecule has 0 saturated heterocycles. The molecule has 0 amide bonds. The van der Waals surface area contributed by atoms with Gasteiger partial charge >= 0.3 is 5.97 Å². The summed E-state index contributed by atoms with van der Waals surface area (Å²) in [6, 6.07) is 7.50. The van der Waals surface area contributed by atoms with Crippen LogP contribution in [0.15, 0.2) is 46.4 Å². The summed E-state index contributed by atoms with van der Waals surface area (Å²) in [5, 5.41) is 1.97. The van der Waals surface area contributed by atoms with Crippen molar-refractivity contribution in [3.05, 3.63) is 52.6 Å². The molecular weight excluding hydrogens is 300 g/mol. The molecule has 4 nitrogen and oxygen atoms in total. The highest BCUT2D eigenvalue weighted by Gasteiger charge is 2.41. The highest BCUT2D eigenvalue weighted by Crippen LogP contribution is 2.41. The van der Waals surface area contributed by atoms with Crippen LogP contribution in [0.5, 0.6) is 0 Å². The van der Waals surface area contributed by atoms with Crippen LogP contribution in [0.1, 0.15) is 29.9 Å². The molecule has 0 aromatic carbocycles. The van der Waals surface area contributed by atoms with E-state index in [9.17, 15) is 9.59 Å². The van der Waals surface area contributed by atoms with E-state index in [0.29, 0.717) is 12.2 Å². The summed E-state index contributed by atoms with van der Waals surface area (Å²) in [6.07, 6.45) is 3.72. The Bertz CT molecular complexity index is 682. The summed E-state index contributed by atoms with van der Waals surface area (Å²) in [4.78, 5) is 25.8. The van der Waals surface area contributed by atoms with Crippen molar-refractivity contribution in [1.82, 2.24) is 0 Å². The van der Waals surface area contributed by atoms with Crippen LogP contribution in [0.25, 0.3) is 5.57 Å². The zero-order valence-electron chi connectivity index (χ0n) is 12.2. The van der Waals surface area contributed by atoms with E-state index in [-0.39, 0.29) is 18.3 Å². The summed E-state index contributed by atoms with van der Waals surface area (Å²) < 4.78 is 10.5. The first kappa shape index (κ1) is 14.8. The number of rotatable bonds is 4. The monoisotopic (exact) mass is 316 g/mol. The molecule has 0 fully saturated rings. The average molecular weight is 316 g/mol. The summed E-state index contributed by atoms with van der Waals surface area (Å²) in [5.41, 5.74) is 0.946. The van der Waals surface area contributed by atoms with Gasteiger partial charge in [0.15, 0.2) is 5.78 Å². The van der Waals surface area contributed by atoms with E-state index in [2.05, 4.69) is 0 Å². The molecule has 1 aliphatic carbocycles. The van der Waals surface area contributed by atoms with E-state index in [1.807, 2.05) is 23.6 Å². The lowest BCUT2D eigenvalue weighted by atomic mass is 9.77. The van der Waals surface area contributed by atoms with Crippen molar-refractivity contribution in [3.63, 3.8) is 0 Å². The van der Waals surface area contributed by atoms with E-state index < -0.39 is 11.9 Å². The van der Waals surface area contributed by atoms with Crippen LogP contribution in [0.4, 0.5) is 0 Å². The van der Waals surface area contributed by atoms with Crippen LogP contribution in [-0.2, 0) is 14.3 Å². The third kappa shape index (κ3) is 2.76. The van der Waals surface area contributed by atoms with Crippen LogP contribution in [0.2, 0.25) is 0 Å². The topological polar surface area (TPSA) is 56.5 Å². The Morgan fingerprint density at radius 2 is 2.27 bits per heavy atom. The molecule has 2 heterocycles. The fraction of sp³-hybridized carbons (Fsp3) is 0.294. The van der Waals surface area contributed by atoms with Gasteiger partial charge in [0.2, 0.25) is 0 Å². The Balaban J connectivity index is 1.98. The predicted octanol–water partition coefficient (Wildman–Crippen LogP) is 3.66. The highest BCUT2D eigenvalue weighted by molar-refractivity contribution is 7.11. The van der Waals surface area contributed by atoms with Gasteiger partial charge in [0.25, 0.3) is 0 Å². The molecule has 0 unspecified atom stereocenters. The lowest BCUT2D eigenvalue weighted by Gasteiger charge is -2.27. The molecule has 3 rings (SSSR count). The van der Waals surface area contributed by atoms with Gasteiger partial charge in [-0.15, -0.1) is 11.3 Å². The molecule has 0 radical (unpaired) electrons. The summed E-state index contributed by atoms with van der Waals surface area (Å²) >= 11 is 1.58. The lowest BCUT2D eigenvalue weighted by Crippen LogP contribution is -2.33. The van der Waals surface area contributed by atoms with Crippen molar-refractivity contribution in [1.29, 1.82) is 0 Å². The number of hydrogen-bond acceptors (Lipinski definition) is 5. The Hall–Kier alpha value is -2.14. The number of esters is 1. The van der Waals surface area contributed by atoms with Crippen LogP contribution >= 0.6 is 11.3 Å². The molecule has 0 aliphatic heterocycles. The fourth-order valence-electron chi connectivity index (χ4n) is 2.79. The third-order valence-electron chi connectivity index (χ3n) is 3.75. The Labute approximate surface area is 132 Å². The van der Waals surface area contributed by atoms with Crippen molar-refractivity contribution in [2.75, 3.05) is 6.61 Å². The van der Waals surface area contributed by atoms with Gasteiger partial charge in [-0.3, -0.25) is 9.59 Å². The Morgan fingerprint density at radius 1 is 1.41 bits per heavy atom. The fourth-order valence-corrected chi connectivity index (χ4v) is 3.54. The number of allylic oxidation sites excluding steroid dienone is 2. The van der Waals surface area contributed by atoms with Gasteiger partial charge in [0, 0.05) is 10.8 Å². The molecule has 2 aromatic rings. The molecule has 2 aromatic heterocycles. The number of furan rings is 1. The minimum absolute atomic E-state index is 0.213. The van der Waals surface area contributed by atoms with Gasteiger partial charge < -0.3 is 9.15 Å². The summed E-state index contributed by atoms with van der Waals surface area (Å²) in [7, 11) is 0.